The number of aromatic nitrogens is 2. The van der Waals surface area contributed by atoms with Gasteiger partial charge in [0.1, 0.15) is 5.82 Å². The predicted octanol–water partition coefficient (Wildman–Crippen LogP) is 4.42. The summed E-state index contributed by atoms with van der Waals surface area (Å²) in [7, 11) is 0. The van der Waals surface area contributed by atoms with Gasteiger partial charge >= 0.3 is 0 Å². The Kier molecular flexibility index (Phi) is 4.28. The highest BCUT2D eigenvalue weighted by molar-refractivity contribution is 6.17. The number of halogens is 1. The summed E-state index contributed by atoms with van der Waals surface area (Å²) in [6, 6.07) is 8.80. The van der Waals surface area contributed by atoms with E-state index in [0.717, 1.165) is 17.8 Å². The first-order valence-corrected chi connectivity index (χ1v) is 7.24. The van der Waals surface area contributed by atoms with Gasteiger partial charge in [0.25, 0.3) is 0 Å². The summed E-state index contributed by atoms with van der Waals surface area (Å²) in [6.07, 6.45) is 2.00. The number of rotatable bonds is 5. The first-order valence-electron chi connectivity index (χ1n) is 6.70. The number of hydrogen-bond acceptors (Lipinski definition) is 1. The minimum atomic E-state index is 0.459. The molecule has 0 N–H and O–H groups in total. The summed E-state index contributed by atoms with van der Waals surface area (Å²) < 4.78 is 2.37. The Morgan fingerprint density at radius 3 is 2.67 bits per heavy atom. The van der Waals surface area contributed by atoms with Crippen molar-refractivity contribution in [1.29, 1.82) is 0 Å². The van der Waals surface area contributed by atoms with Crippen LogP contribution in [0, 0.1) is 5.92 Å². The molecule has 0 radical (unpaired) electrons. The Balaban J connectivity index is 2.54. The smallest absolute Gasteiger partial charge is 0.111 e. The first kappa shape index (κ1) is 13.4. The lowest BCUT2D eigenvalue weighted by Crippen LogP contribution is -2.16. The number of benzene rings is 1. The van der Waals surface area contributed by atoms with E-state index < -0.39 is 0 Å². The van der Waals surface area contributed by atoms with Crippen LogP contribution in [0.15, 0.2) is 24.3 Å². The summed E-state index contributed by atoms with van der Waals surface area (Å²) in [4.78, 5) is 4.72. The lowest BCUT2D eigenvalue weighted by Gasteiger charge is -2.23. The second kappa shape index (κ2) is 5.75. The zero-order valence-corrected chi connectivity index (χ0v) is 12.1. The SMILES string of the molecule is CCC(C)C(C)n1c(CCCl)nc2ccccc21. The molecule has 0 aliphatic heterocycles. The fourth-order valence-electron chi connectivity index (χ4n) is 2.41. The van der Waals surface area contributed by atoms with Gasteiger partial charge in [0.05, 0.1) is 11.0 Å². The van der Waals surface area contributed by atoms with Gasteiger partial charge in [0.15, 0.2) is 0 Å². The van der Waals surface area contributed by atoms with Gasteiger partial charge in [-0.1, -0.05) is 32.4 Å². The number of nitrogens with zero attached hydrogens (tertiary/aromatic N) is 2. The Labute approximate surface area is 114 Å². The molecule has 0 bridgehead atoms. The van der Waals surface area contributed by atoms with Crippen LogP contribution >= 0.6 is 11.6 Å². The van der Waals surface area contributed by atoms with Crippen LogP contribution in [0.1, 0.15) is 39.1 Å². The monoisotopic (exact) mass is 264 g/mol. The molecule has 98 valence electrons. The molecular weight excluding hydrogens is 244 g/mol. The quantitative estimate of drug-likeness (QED) is 0.731. The highest BCUT2D eigenvalue weighted by atomic mass is 35.5. The third kappa shape index (κ3) is 2.39. The summed E-state index contributed by atoms with van der Waals surface area (Å²) >= 11 is 5.90. The van der Waals surface area contributed by atoms with Gasteiger partial charge in [-0.25, -0.2) is 4.98 Å². The number of hydrogen-bond donors (Lipinski definition) is 0. The van der Waals surface area contributed by atoms with Crippen molar-refractivity contribution in [3.63, 3.8) is 0 Å². The van der Waals surface area contributed by atoms with Crippen LogP contribution in [0.2, 0.25) is 0 Å². The van der Waals surface area contributed by atoms with Gasteiger partial charge in [-0.2, -0.15) is 0 Å². The normalized spacial score (nSPS) is 14.9. The minimum Gasteiger partial charge on any atom is -0.325 e. The largest absolute Gasteiger partial charge is 0.325 e. The molecule has 2 unspecified atom stereocenters. The third-order valence-corrected chi connectivity index (χ3v) is 4.05. The van der Waals surface area contributed by atoms with E-state index in [1.807, 2.05) is 6.07 Å². The van der Waals surface area contributed by atoms with E-state index in [2.05, 4.69) is 43.5 Å². The highest BCUT2D eigenvalue weighted by Crippen LogP contribution is 2.27. The van der Waals surface area contributed by atoms with Crippen molar-refractivity contribution in [2.45, 2.75) is 39.7 Å². The standard InChI is InChI=1S/C15H21ClN2/c1-4-11(2)12(3)18-14-8-6-5-7-13(14)17-15(18)9-10-16/h5-8,11-12H,4,9-10H2,1-3H3. The summed E-state index contributed by atoms with van der Waals surface area (Å²) in [6.45, 7) is 6.81. The summed E-state index contributed by atoms with van der Waals surface area (Å²) in [5.41, 5.74) is 2.30. The number of aryl methyl sites for hydroxylation is 1. The molecule has 2 aromatic rings. The van der Waals surface area contributed by atoms with E-state index in [4.69, 9.17) is 16.6 Å². The van der Waals surface area contributed by atoms with Crippen molar-refractivity contribution < 1.29 is 0 Å². The molecule has 2 nitrogen and oxygen atoms in total. The zero-order valence-electron chi connectivity index (χ0n) is 11.4. The van der Waals surface area contributed by atoms with Crippen LogP contribution in [0.5, 0.6) is 0 Å². The van der Waals surface area contributed by atoms with E-state index in [-0.39, 0.29) is 0 Å². The first-order chi connectivity index (χ1) is 8.69. The van der Waals surface area contributed by atoms with Gasteiger partial charge in [-0.3, -0.25) is 0 Å². The average molecular weight is 265 g/mol. The Bertz CT molecular complexity index is 518. The topological polar surface area (TPSA) is 17.8 Å². The molecule has 0 saturated heterocycles. The highest BCUT2D eigenvalue weighted by Gasteiger charge is 2.18. The maximum absolute atomic E-state index is 5.90. The molecule has 0 aliphatic rings. The molecule has 2 atom stereocenters. The Hall–Kier alpha value is -1.02. The van der Waals surface area contributed by atoms with Crippen LogP contribution in [-0.4, -0.2) is 15.4 Å². The van der Waals surface area contributed by atoms with Crippen LogP contribution in [0.4, 0.5) is 0 Å². The summed E-state index contributed by atoms with van der Waals surface area (Å²) in [5.74, 6) is 2.37. The van der Waals surface area contributed by atoms with Crippen LogP contribution in [-0.2, 0) is 6.42 Å². The van der Waals surface area contributed by atoms with Crippen LogP contribution in [0.25, 0.3) is 11.0 Å². The van der Waals surface area contributed by atoms with Crippen molar-refractivity contribution in [3.05, 3.63) is 30.1 Å². The molecule has 0 amide bonds. The van der Waals surface area contributed by atoms with Crippen LogP contribution in [0.3, 0.4) is 0 Å². The zero-order chi connectivity index (χ0) is 13.1. The predicted molar refractivity (Wildman–Crippen MR) is 78.3 cm³/mol. The number of alkyl halides is 1. The van der Waals surface area contributed by atoms with Gasteiger partial charge in [0.2, 0.25) is 0 Å². The van der Waals surface area contributed by atoms with E-state index in [1.165, 1.54) is 11.9 Å². The molecule has 18 heavy (non-hydrogen) atoms. The molecule has 0 fully saturated rings. The Morgan fingerprint density at radius 2 is 2.00 bits per heavy atom. The molecular formula is C15H21ClN2. The molecule has 0 saturated carbocycles. The number of fused-ring (bicyclic) bond motifs is 1. The van der Waals surface area contributed by atoms with Gasteiger partial charge in [-0.15, -0.1) is 11.6 Å². The van der Waals surface area contributed by atoms with E-state index in [0.29, 0.717) is 17.8 Å². The average Bonchev–Trinajstić information content (AvgIpc) is 2.75. The minimum absolute atomic E-state index is 0.459. The lowest BCUT2D eigenvalue weighted by atomic mass is 10.0. The molecule has 0 aliphatic carbocycles. The second-order valence-corrected chi connectivity index (χ2v) is 5.33. The fourth-order valence-corrected chi connectivity index (χ4v) is 2.57. The van der Waals surface area contributed by atoms with Crippen molar-refractivity contribution in [1.82, 2.24) is 9.55 Å². The maximum Gasteiger partial charge on any atom is 0.111 e. The number of imidazole rings is 1. The third-order valence-electron chi connectivity index (χ3n) is 3.86. The van der Waals surface area contributed by atoms with Crippen LogP contribution < -0.4 is 0 Å². The molecule has 2 rings (SSSR count). The van der Waals surface area contributed by atoms with E-state index >= 15 is 0 Å². The van der Waals surface area contributed by atoms with E-state index in [1.54, 1.807) is 0 Å². The number of para-hydroxylation sites is 2. The van der Waals surface area contributed by atoms with Crippen molar-refractivity contribution >= 4 is 22.6 Å². The second-order valence-electron chi connectivity index (χ2n) is 4.95. The molecule has 0 spiro atoms. The van der Waals surface area contributed by atoms with Gasteiger partial charge in [-0.05, 0) is 25.0 Å². The van der Waals surface area contributed by atoms with Crippen molar-refractivity contribution in [3.8, 4) is 0 Å². The van der Waals surface area contributed by atoms with E-state index in [9.17, 15) is 0 Å². The summed E-state index contributed by atoms with van der Waals surface area (Å²) in [5, 5.41) is 0. The Morgan fingerprint density at radius 1 is 1.28 bits per heavy atom. The molecule has 3 heteroatoms. The fraction of sp³-hybridized carbons (Fsp3) is 0.533. The molecule has 1 aromatic carbocycles. The molecule has 1 heterocycles. The van der Waals surface area contributed by atoms with Gasteiger partial charge < -0.3 is 4.57 Å². The molecule has 1 aromatic heterocycles. The maximum atomic E-state index is 5.90. The lowest BCUT2D eigenvalue weighted by molar-refractivity contribution is 0.369. The van der Waals surface area contributed by atoms with Crippen molar-refractivity contribution in [2.75, 3.05) is 5.88 Å². The van der Waals surface area contributed by atoms with Gasteiger partial charge in [0, 0.05) is 18.3 Å². The van der Waals surface area contributed by atoms with Crippen molar-refractivity contribution in [2.24, 2.45) is 5.92 Å².